The average molecular weight is 389 g/mol. The van der Waals surface area contributed by atoms with Gasteiger partial charge in [0.2, 0.25) is 11.0 Å². The van der Waals surface area contributed by atoms with Crippen molar-refractivity contribution >= 4 is 22.6 Å². The number of nitrogens with one attached hydrogen (secondary N) is 1. The SMILES string of the molecule is CCC(C)NC(=O)C1CCCN(c2nc(Cc3cccc(OC)c3)ns2)C1. The lowest BCUT2D eigenvalue weighted by Crippen LogP contribution is -2.45. The number of piperidine rings is 1. The third-order valence-corrected chi connectivity index (χ3v) is 5.83. The largest absolute Gasteiger partial charge is 0.497 e. The van der Waals surface area contributed by atoms with Gasteiger partial charge in [0.15, 0.2) is 0 Å². The van der Waals surface area contributed by atoms with Gasteiger partial charge in [-0.3, -0.25) is 4.79 Å². The van der Waals surface area contributed by atoms with Crippen molar-refractivity contribution in [1.29, 1.82) is 0 Å². The van der Waals surface area contributed by atoms with Gasteiger partial charge in [0.25, 0.3) is 0 Å². The van der Waals surface area contributed by atoms with Crippen LogP contribution in [0.3, 0.4) is 0 Å². The van der Waals surface area contributed by atoms with Crippen molar-refractivity contribution in [3.63, 3.8) is 0 Å². The minimum atomic E-state index is 0.0264. The van der Waals surface area contributed by atoms with Crippen LogP contribution in [-0.2, 0) is 11.2 Å². The first-order valence-corrected chi connectivity index (χ1v) is 10.4. The van der Waals surface area contributed by atoms with Gasteiger partial charge in [-0.05, 0) is 43.9 Å². The first-order chi connectivity index (χ1) is 13.1. The highest BCUT2D eigenvalue weighted by atomic mass is 32.1. The number of hydrogen-bond acceptors (Lipinski definition) is 6. The van der Waals surface area contributed by atoms with Crippen molar-refractivity contribution in [3.8, 4) is 5.75 Å². The van der Waals surface area contributed by atoms with Gasteiger partial charge in [-0.15, -0.1) is 0 Å². The maximum atomic E-state index is 12.5. The van der Waals surface area contributed by atoms with Crippen LogP contribution in [0.4, 0.5) is 5.13 Å². The number of rotatable bonds is 7. The summed E-state index contributed by atoms with van der Waals surface area (Å²) in [6, 6.07) is 8.20. The minimum Gasteiger partial charge on any atom is -0.497 e. The van der Waals surface area contributed by atoms with Gasteiger partial charge in [0.05, 0.1) is 13.0 Å². The predicted molar refractivity (Wildman–Crippen MR) is 109 cm³/mol. The van der Waals surface area contributed by atoms with Crippen molar-refractivity contribution in [2.75, 3.05) is 25.1 Å². The summed E-state index contributed by atoms with van der Waals surface area (Å²) in [5.74, 6) is 1.84. The summed E-state index contributed by atoms with van der Waals surface area (Å²) < 4.78 is 9.80. The number of ether oxygens (including phenoxy) is 1. The predicted octanol–water partition coefficient (Wildman–Crippen LogP) is 3.27. The van der Waals surface area contributed by atoms with Crippen LogP contribution in [-0.4, -0.2) is 41.5 Å². The van der Waals surface area contributed by atoms with Crippen LogP contribution < -0.4 is 15.0 Å². The van der Waals surface area contributed by atoms with E-state index in [0.29, 0.717) is 6.42 Å². The van der Waals surface area contributed by atoms with E-state index in [2.05, 4.69) is 27.6 Å². The zero-order valence-electron chi connectivity index (χ0n) is 16.3. The summed E-state index contributed by atoms with van der Waals surface area (Å²) in [5.41, 5.74) is 1.13. The van der Waals surface area contributed by atoms with Gasteiger partial charge >= 0.3 is 0 Å². The molecule has 1 aromatic carbocycles. The van der Waals surface area contributed by atoms with Crippen LogP contribution in [0.2, 0.25) is 0 Å². The molecule has 1 fully saturated rings. The summed E-state index contributed by atoms with van der Waals surface area (Å²) in [5, 5.41) is 4.02. The number of hydrogen-bond donors (Lipinski definition) is 1. The van der Waals surface area contributed by atoms with Crippen LogP contribution in [0.15, 0.2) is 24.3 Å². The Labute approximate surface area is 165 Å². The van der Waals surface area contributed by atoms with Gasteiger partial charge in [-0.25, -0.2) is 4.98 Å². The third kappa shape index (κ3) is 5.19. The molecule has 0 spiro atoms. The molecule has 0 aliphatic carbocycles. The summed E-state index contributed by atoms with van der Waals surface area (Å²) >= 11 is 1.42. The summed E-state index contributed by atoms with van der Waals surface area (Å²) in [6.07, 6.45) is 3.57. The van der Waals surface area contributed by atoms with Crippen LogP contribution in [0, 0.1) is 5.92 Å². The molecule has 2 heterocycles. The van der Waals surface area contributed by atoms with Gasteiger partial charge in [0.1, 0.15) is 11.6 Å². The molecule has 1 aromatic heterocycles. The van der Waals surface area contributed by atoms with Crippen molar-refractivity contribution < 1.29 is 9.53 Å². The number of aromatic nitrogens is 2. The van der Waals surface area contributed by atoms with E-state index in [1.54, 1.807) is 7.11 Å². The Hall–Kier alpha value is -2.15. The molecule has 0 radical (unpaired) electrons. The third-order valence-electron chi connectivity index (χ3n) is 5.02. The fourth-order valence-electron chi connectivity index (χ4n) is 3.24. The van der Waals surface area contributed by atoms with Crippen molar-refractivity contribution in [2.45, 2.75) is 45.6 Å². The number of anilines is 1. The Balaban J connectivity index is 1.62. The molecule has 1 N–H and O–H groups in total. The number of carbonyl (C=O) groups excluding carboxylic acids is 1. The van der Waals surface area contributed by atoms with E-state index in [1.807, 2.05) is 25.1 Å². The second-order valence-corrected chi connectivity index (χ2v) is 7.85. The molecule has 1 amide bonds. The van der Waals surface area contributed by atoms with Crippen molar-refractivity contribution in [3.05, 3.63) is 35.7 Å². The van der Waals surface area contributed by atoms with Gasteiger partial charge in [0, 0.05) is 37.1 Å². The highest BCUT2D eigenvalue weighted by Gasteiger charge is 2.28. The maximum absolute atomic E-state index is 12.5. The van der Waals surface area contributed by atoms with Crippen LogP contribution in [0.5, 0.6) is 5.75 Å². The lowest BCUT2D eigenvalue weighted by molar-refractivity contribution is -0.125. The van der Waals surface area contributed by atoms with Crippen LogP contribution >= 0.6 is 11.5 Å². The van der Waals surface area contributed by atoms with Crippen LogP contribution in [0.1, 0.15) is 44.5 Å². The molecule has 1 aliphatic rings. The lowest BCUT2D eigenvalue weighted by atomic mass is 9.97. The first kappa shape index (κ1) is 19.6. The summed E-state index contributed by atoms with van der Waals surface area (Å²) in [6.45, 7) is 5.79. The molecule has 0 bridgehead atoms. The zero-order valence-corrected chi connectivity index (χ0v) is 17.1. The number of nitrogens with zero attached hydrogens (tertiary/aromatic N) is 3. The average Bonchev–Trinajstić information content (AvgIpc) is 3.16. The molecular formula is C20H28N4O2S. The molecule has 2 atom stereocenters. The molecule has 7 heteroatoms. The highest BCUT2D eigenvalue weighted by Crippen LogP contribution is 2.26. The fourth-order valence-corrected chi connectivity index (χ4v) is 3.96. The summed E-state index contributed by atoms with van der Waals surface area (Å²) in [4.78, 5) is 19.4. The smallest absolute Gasteiger partial charge is 0.225 e. The molecule has 1 aliphatic heterocycles. The molecule has 2 aromatic rings. The Kier molecular flexibility index (Phi) is 6.66. The molecule has 3 rings (SSSR count). The van der Waals surface area contributed by atoms with E-state index in [0.717, 1.165) is 54.6 Å². The molecule has 0 saturated carbocycles. The second-order valence-electron chi connectivity index (χ2n) is 7.12. The maximum Gasteiger partial charge on any atom is 0.225 e. The van der Waals surface area contributed by atoms with E-state index in [-0.39, 0.29) is 17.9 Å². The lowest BCUT2D eigenvalue weighted by Gasteiger charge is -2.32. The van der Waals surface area contributed by atoms with E-state index in [1.165, 1.54) is 11.5 Å². The van der Waals surface area contributed by atoms with E-state index < -0.39 is 0 Å². The first-order valence-electron chi connectivity index (χ1n) is 9.60. The topological polar surface area (TPSA) is 67.4 Å². The second kappa shape index (κ2) is 9.17. The molecule has 1 saturated heterocycles. The quantitative estimate of drug-likeness (QED) is 0.788. The number of benzene rings is 1. The van der Waals surface area contributed by atoms with Crippen molar-refractivity contribution in [2.24, 2.45) is 5.92 Å². The fraction of sp³-hybridized carbons (Fsp3) is 0.550. The normalized spacial score (nSPS) is 18.2. The van der Waals surface area contributed by atoms with E-state index in [9.17, 15) is 4.79 Å². The minimum absolute atomic E-state index is 0.0264. The molecular weight excluding hydrogens is 360 g/mol. The van der Waals surface area contributed by atoms with Crippen LogP contribution in [0.25, 0.3) is 0 Å². The van der Waals surface area contributed by atoms with Gasteiger partial charge < -0.3 is 15.0 Å². The van der Waals surface area contributed by atoms with E-state index >= 15 is 0 Å². The molecule has 6 nitrogen and oxygen atoms in total. The highest BCUT2D eigenvalue weighted by molar-refractivity contribution is 7.09. The van der Waals surface area contributed by atoms with Gasteiger partial charge in [-0.2, -0.15) is 4.37 Å². The van der Waals surface area contributed by atoms with Crippen molar-refractivity contribution in [1.82, 2.24) is 14.7 Å². The van der Waals surface area contributed by atoms with Gasteiger partial charge in [-0.1, -0.05) is 19.1 Å². The Morgan fingerprint density at radius 1 is 1.48 bits per heavy atom. The van der Waals surface area contributed by atoms with E-state index in [4.69, 9.17) is 9.72 Å². The Morgan fingerprint density at radius 2 is 2.33 bits per heavy atom. The number of carbonyl (C=O) groups is 1. The molecule has 146 valence electrons. The zero-order chi connectivity index (χ0) is 19.2. The number of methoxy groups -OCH3 is 1. The Morgan fingerprint density at radius 3 is 3.11 bits per heavy atom. The molecule has 27 heavy (non-hydrogen) atoms. The summed E-state index contributed by atoms with van der Waals surface area (Å²) in [7, 11) is 1.67. The monoisotopic (exact) mass is 388 g/mol. The Bertz CT molecular complexity index is 764. The standard InChI is InChI=1S/C20H28N4O2S/c1-4-14(2)21-19(25)16-8-6-10-24(13-16)20-22-18(23-27-20)12-15-7-5-9-17(11-15)26-3/h5,7,9,11,14,16H,4,6,8,10,12-13H2,1-3H3,(H,21,25). The number of amides is 1. The molecule has 2 unspecified atom stereocenters.